The number of ether oxygens (including phenoxy) is 1. The summed E-state index contributed by atoms with van der Waals surface area (Å²) in [6, 6.07) is 14.6. The normalized spacial score (nSPS) is 11.5. The third kappa shape index (κ3) is 5.12. The Balaban J connectivity index is 1.98. The molecule has 2 aromatic carbocycles. The lowest BCUT2D eigenvalue weighted by Gasteiger charge is -2.15. The highest BCUT2D eigenvalue weighted by Gasteiger charge is 2.15. The minimum Gasteiger partial charge on any atom is -0.481 e. The van der Waals surface area contributed by atoms with E-state index in [1.807, 2.05) is 31.2 Å². The summed E-state index contributed by atoms with van der Waals surface area (Å²) in [6.07, 6.45) is -0.238. The highest BCUT2D eigenvalue weighted by atomic mass is 16.5. The molecule has 0 saturated heterocycles. The van der Waals surface area contributed by atoms with Gasteiger partial charge in [0.05, 0.1) is 0 Å². The van der Waals surface area contributed by atoms with Gasteiger partial charge in [0, 0.05) is 17.8 Å². The van der Waals surface area contributed by atoms with Gasteiger partial charge >= 0.3 is 0 Å². The molecule has 0 aliphatic rings. The summed E-state index contributed by atoms with van der Waals surface area (Å²) >= 11 is 0. The molecule has 0 aliphatic carbocycles. The highest BCUT2D eigenvalue weighted by Crippen LogP contribution is 2.17. The van der Waals surface area contributed by atoms with Crippen LogP contribution in [0.1, 0.15) is 25.8 Å². The van der Waals surface area contributed by atoms with Crippen molar-refractivity contribution < 1.29 is 14.3 Å². The van der Waals surface area contributed by atoms with Crippen molar-refractivity contribution in [3.63, 3.8) is 0 Å². The minimum atomic E-state index is -0.638. The van der Waals surface area contributed by atoms with Gasteiger partial charge in [0.25, 0.3) is 5.91 Å². The summed E-state index contributed by atoms with van der Waals surface area (Å²) in [5.74, 6) is 0.326. The molecular formula is C19H22N2O3. The van der Waals surface area contributed by atoms with Crippen LogP contribution in [0.4, 0.5) is 11.4 Å². The summed E-state index contributed by atoms with van der Waals surface area (Å²) < 4.78 is 5.66. The predicted octanol–water partition coefficient (Wildman–Crippen LogP) is 3.75. The Morgan fingerprint density at radius 2 is 1.71 bits per heavy atom. The first-order valence-corrected chi connectivity index (χ1v) is 7.92. The van der Waals surface area contributed by atoms with Gasteiger partial charge in [-0.1, -0.05) is 25.1 Å². The second-order valence-electron chi connectivity index (χ2n) is 5.55. The van der Waals surface area contributed by atoms with E-state index in [2.05, 4.69) is 10.6 Å². The van der Waals surface area contributed by atoms with Gasteiger partial charge in [0.2, 0.25) is 5.91 Å². The van der Waals surface area contributed by atoms with Crippen molar-refractivity contribution in [2.24, 2.45) is 0 Å². The SMILES string of the molecule is CCC(=O)Nc1cccc(NC(=O)[C@H](C)Oc2cccc(C)c2)c1. The van der Waals surface area contributed by atoms with Crippen LogP contribution in [0, 0.1) is 6.92 Å². The van der Waals surface area contributed by atoms with Gasteiger partial charge in [0.15, 0.2) is 6.10 Å². The first-order chi connectivity index (χ1) is 11.5. The van der Waals surface area contributed by atoms with Gasteiger partial charge < -0.3 is 15.4 Å². The lowest BCUT2D eigenvalue weighted by molar-refractivity contribution is -0.122. The predicted molar refractivity (Wildman–Crippen MR) is 95.3 cm³/mol. The van der Waals surface area contributed by atoms with Gasteiger partial charge in [-0.15, -0.1) is 0 Å². The molecule has 0 heterocycles. The molecular weight excluding hydrogens is 304 g/mol. The third-order valence-corrected chi connectivity index (χ3v) is 3.41. The van der Waals surface area contributed by atoms with Gasteiger partial charge in [-0.25, -0.2) is 0 Å². The van der Waals surface area contributed by atoms with E-state index < -0.39 is 6.10 Å². The molecule has 0 spiro atoms. The fourth-order valence-electron chi connectivity index (χ4n) is 2.11. The van der Waals surface area contributed by atoms with Crippen LogP contribution in [0.25, 0.3) is 0 Å². The van der Waals surface area contributed by atoms with Crippen LogP contribution in [-0.4, -0.2) is 17.9 Å². The van der Waals surface area contributed by atoms with Crippen molar-refractivity contribution >= 4 is 23.2 Å². The molecule has 5 nitrogen and oxygen atoms in total. The molecule has 2 aromatic rings. The molecule has 0 aliphatic heterocycles. The summed E-state index contributed by atoms with van der Waals surface area (Å²) in [7, 11) is 0. The largest absolute Gasteiger partial charge is 0.481 e. The maximum Gasteiger partial charge on any atom is 0.265 e. The Morgan fingerprint density at radius 1 is 1.04 bits per heavy atom. The van der Waals surface area contributed by atoms with Gasteiger partial charge in [-0.2, -0.15) is 0 Å². The van der Waals surface area contributed by atoms with E-state index in [0.29, 0.717) is 23.5 Å². The topological polar surface area (TPSA) is 67.4 Å². The summed E-state index contributed by atoms with van der Waals surface area (Å²) in [5, 5.41) is 5.55. The van der Waals surface area contributed by atoms with E-state index in [1.54, 1.807) is 38.1 Å². The van der Waals surface area contributed by atoms with E-state index in [-0.39, 0.29) is 11.8 Å². The maximum atomic E-state index is 12.3. The molecule has 126 valence electrons. The minimum absolute atomic E-state index is 0.0744. The molecule has 1 atom stereocenters. The zero-order chi connectivity index (χ0) is 17.5. The van der Waals surface area contributed by atoms with Crippen molar-refractivity contribution in [3.05, 3.63) is 54.1 Å². The molecule has 0 unspecified atom stereocenters. The Labute approximate surface area is 142 Å². The lowest BCUT2D eigenvalue weighted by Crippen LogP contribution is -2.30. The summed E-state index contributed by atoms with van der Waals surface area (Å²) in [4.78, 5) is 23.7. The second-order valence-corrected chi connectivity index (χ2v) is 5.55. The molecule has 2 N–H and O–H groups in total. The van der Waals surface area contributed by atoms with Crippen LogP contribution in [-0.2, 0) is 9.59 Å². The molecule has 2 amide bonds. The molecule has 5 heteroatoms. The van der Waals surface area contributed by atoms with Crippen molar-refractivity contribution in [2.75, 3.05) is 10.6 Å². The number of aryl methyl sites for hydroxylation is 1. The number of carbonyl (C=O) groups excluding carboxylic acids is 2. The number of anilines is 2. The number of nitrogens with one attached hydrogen (secondary N) is 2. The first-order valence-electron chi connectivity index (χ1n) is 7.92. The van der Waals surface area contributed by atoms with Crippen molar-refractivity contribution in [2.45, 2.75) is 33.3 Å². The van der Waals surface area contributed by atoms with Gasteiger partial charge in [0.1, 0.15) is 5.75 Å². The van der Waals surface area contributed by atoms with E-state index in [0.717, 1.165) is 5.56 Å². The van der Waals surface area contributed by atoms with Crippen molar-refractivity contribution in [1.82, 2.24) is 0 Å². The molecule has 0 aromatic heterocycles. The fourth-order valence-corrected chi connectivity index (χ4v) is 2.11. The fraction of sp³-hybridized carbons (Fsp3) is 0.263. The molecule has 0 radical (unpaired) electrons. The van der Waals surface area contributed by atoms with Crippen LogP contribution >= 0.6 is 0 Å². The number of hydrogen-bond donors (Lipinski definition) is 2. The zero-order valence-corrected chi connectivity index (χ0v) is 14.1. The number of amides is 2. The van der Waals surface area contributed by atoms with Crippen molar-refractivity contribution in [1.29, 1.82) is 0 Å². The number of carbonyl (C=O) groups is 2. The summed E-state index contributed by atoms with van der Waals surface area (Å²) in [6.45, 7) is 5.44. The number of hydrogen-bond acceptors (Lipinski definition) is 3. The lowest BCUT2D eigenvalue weighted by atomic mass is 10.2. The van der Waals surface area contributed by atoms with Crippen LogP contribution < -0.4 is 15.4 Å². The molecule has 24 heavy (non-hydrogen) atoms. The molecule has 0 saturated carbocycles. The Hall–Kier alpha value is -2.82. The van der Waals surface area contributed by atoms with E-state index in [1.165, 1.54) is 0 Å². The average Bonchev–Trinajstić information content (AvgIpc) is 2.55. The van der Waals surface area contributed by atoms with Crippen LogP contribution in [0.15, 0.2) is 48.5 Å². The Bertz CT molecular complexity index is 728. The monoisotopic (exact) mass is 326 g/mol. The third-order valence-electron chi connectivity index (χ3n) is 3.41. The molecule has 0 fully saturated rings. The van der Waals surface area contributed by atoms with Crippen LogP contribution in [0.5, 0.6) is 5.75 Å². The zero-order valence-electron chi connectivity index (χ0n) is 14.1. The van der Waals surface area contributed by atoms with E-state index in [9.17, 15) is 9.59 Å². The smallest absolute Gasteiger partial charge is 0.265 e. The Morgan fingerprint density at radius 3 is 2.38 bits per heavy atom. The van der Waals surface area contributed by atoms with Gasteiger partial charge in [-0.05, 0) is 49.7 Å². The average molecular weight is 326 g/mol. The van der Waals surface area contributed by atoms with Crippen molar-refractivity contribution in [3.8, 4) is 5.75 Å². The summed E-state index contributed by atoms with van der Waals surface area (Å²) in [5.41, 5.74) is 2.32. The van der Waals surface area contributed by atoms with E-state index >= 15 is 0 Å². The Kier molecular flexibility index (Phi) is 5.95. The first kappa shape index (κ1) is 17.5. The van der Waals surface area contributed by atoms with E-state index in [4.69, 9.17) is 4.74 Å². The maximum absolute atomic E-state index is 12.3. The standard InChI is InChI=1S/C19H22N2O3/c1-4-18(22)20-15-8-6-9-16(12-15)21-19(23)14(3)24-17-10-5-7-13(2)11-17/h5-12,14H,4H2,1-3H3,(H,20,22)(H,21,23)/t14-/m0/s1. The van der Waals surface area contributed by atoms with Crippen LogP contribution in [0.3, 0.4) is 0 Å². The quantitative estimate of drug-likeness (QED) is 0.849. The molecule has 2 rings (SSSR count). The number of benzene rings is 2. The molecule has 0 bridgehead atoms. The highest BCUT2D eigenvalue weighted by molar-refractivity contribution is 5.95. The second kappa shape index (κ2) is 8.15. The van der Waals surface area contributed by atoms with Gasteiger partial charge in [-0.3, -0.25) is 9.59 Å². The number of rotatable bonds is 6. The van der Waals surface area contributed by atoms with Crippen LogP contribution in [0.2, 0.25) is 0 Å².